The first kappa shape index (κ1) is 12.8. The fourth-order valence-electron chi connectivity index (χ4n) is 2.09. The van der Waals surface area contributed by atoms with Crippen LogP contribution in [0.3, 0.4) is 0 Å². The first-order valence-corrected chi connectivity index (χ1v) is 6.44. The molecule has 0 aliphatic rings. The summed E-state index contributed by atoms with van der Waals surface area (Å²) in [6.45, 7) is 3.88. The number of fused-ring (bicyclic) bond motifs is 1. The minimum Gasteiger partial charge on any atom is -0.360 e. The summed E-state index contributed by atoms with van der Waals surface area (Å²) in [4.78, 5) is 6.47. The van der Waals surface area contributed by atoms with Crippen molar-refractivity contribution in [2.45, 2.75) is 26.2 Å². The quantitative estimate of drug-likeness (QED) is 0.788. The minimum atomic E-state index is 0.779. The normalized spacial score (nSPS) is 11.1. The van der Waals surface area contributed by atoms with Crippen molar-refractivity contribution in [3.05, 3.63) is 24.0 Å². The van der Waals surface area contributed by atoms with E-state index in [9.17, 15) is 0 Å². The van der Waals surface area contributed by atoms with Gasteiger partial charge < -0.3 is 10.6 Å². The molecule has 0 aliphatic heterocycles. The van der Waals surface area contributed by atoms with Gasteiger partial charge >= 0.3 is 0 Å². The molecule has 0 aromatic carbocycles. The fourth-order valence-corrected chi connectivity index (χ4v) is 2.09. The Balaban J connectivity index is 2.11. The van der Waals surface area contributed by atoms with Gasteiger partial charge in [0.15, 0.2) is 5.65 Å². The average Bonchev–Trinajstić information content (AvgIpc) is 2.81. The van der Waals surface area contributed by atoms with E-state index in [0.29, 0.717) is 0 Å². The van der Waals surface area contributed by atoms with Crippen molar-refractivity contribution in [2.75, 3.05) is 25.0 Å². The number of rotatable bonds is 6. The number of pyridine rings is 1. The molecule has 2 aromatic rings. The fraction of sp³-hybridized carbons (Fsp3) is 0.538. The van der Waals surface area contributed by atoms with Crippen molar-refractivity contribution in [1.29, 1.82) is 0 Å². The highest BCUT2D eigenvalue weighted by molar-refractivity contribution is 5.52. The summed E-state index contributed by atoms with van der Waals surface area (Å²) < 4.78 is 1.88. The highest BCUT2D eigenvalue weighted by Crippen LogP contribution is 2.17. The van der Waals surface area contributed by atoms with Crippen LogP contribution >= 0.6 is 0 Å². The molecule has 5 heteroatoms. The first-order chi connectivity index (χ1) is 8.72. The summed E-state index contributed by atoms with van der Waals surface area (Å²) in [7, 11) is 2.10. The van der Waals surface area contributed by atoms with E-state index >= 15 is 0 Å². The van der Waals surface area contributed by atoms with Crippen LogP contribution in [-0.2, 0) is 0 Å². The predicted octanol–water partition coefficient (Wildman–Crippen LogP) is 1.60. The molecule has 0 aliphatic carbocycles. The number of hydrogen-bond acceptors (Lipinski definition) is 4. The Hall–Kier alpha value is -1.62. The molecule has 0 bridgehead atoms. The Morgan fingerprint density at radius 3 is 2.89 bits per heavy atom. The van der Waals surface area contributed by atoms with Crippen LogP contribution in [0.5, 0.6) is 0 Å². The summed E-state index contributed by atoms with van der Waals surface area (Å²) in [6.07, 6.45) is 5.02. The minimum absolute atomic E-state index is 0.779. The molecule has 2 aromatic heterocycles. The molecule has 0 fully saturated rings. The lowest BCUT2D eigenvalue weighted by molar-refractivity contribution is 0.672. The second kappa shape index (κ2) is 5.82. The van der Waals surface area contributed by atoms with Crippen LogP contribution in [-0.4, -0.2) is 34.7 Å². The van der Waals surface area contributed by atoms with Crippen LogP contribution in [0.4, 0.5) is 5.82 Å². The van der Waals surface area contributed by atoms with Gasteiger partial charge in [-0.1, -0.05) is 6.42 Å². The second-order valence-corrected chi connectivity index (χ2v) is 4.69. The molecule has 0 saturated carbocycles. The molecule has 2 rings (SSSR count). The van der Waals surface area contributed by atoms with Crippen molar-refractivity contribution in [2.24, 2.45) is 5.73 Å². The zero-order chi connectivity index (χ0) is 13.0. The Kier molecular flexibility index (Phi) is 4.15. The standard InChI is InChI=1S/C13H21N5/c1-11-8-12-15-10-16-18(12)13(9-11)17(2)7-5-3-4-6-14/h8-10H,3-7,14H2,1-2H3. The molecule has 18 heavy (non-hydrogen) atoms. The van der Waals surface area contributed by atoms with Gasteiger partial charge in [-0.3, -0.25) is 0 Å². The molecule has 5 nitrogen and oxygen atoms in total. The number of unbranched alkanes of at least 4 members (excludes halogenated alkanes) is 2. The van der Waals surface area contributed by atoms with Crippen molar-refractivity contribution in [3.8, 4) is 0 Å². The predicted molar refractivity (Wildman–Crippen MR) is 73.9 cm³/mol. The maximum Gasteiger partial charge on any atom is 0.157 e. The van der Waals surface area contributed by atoms with Crippen molar-refractivity contribution >= 4 is 11.5 Å². The number of nitrogens with two attached hydrogens (primary N) is 1. The number of hydrogen-bond donors (Lipinski definition) is 1. The monoisotopic (exact) mass is 247 g/mol. The Morgan fingerprint density at radius 1 is 1.28 bits per heavy atom. The van der Waals surface area contributed by atoms with Crippen LogP contribution < -0.4 is 10.6 Å². The Bertz CT molecular complexity index is 505. The number of anilines is 1. The summed E-state index contributed by atoms with van der Waals surface area (Å²) in [5.74, 6) is 1.09. The SMILES string of the molecule is Cc1cc(N(C)CCCCCN)n2ncnc2c1. The number of aromatic nitrogens is 3. The summed E-state index contributed by atoms with van der Waals surface area (Å²) in [5, 5.41) is 4.27. The molecule has 0 unspecified atom stereocenters. The van der Waals surface area contributed by atoms with E-state index in [1.54, 1.807) is 6.33 Å². The van der Waals surface area contributed by atoms with Crippen LogP contribution in [0.2, 0.25) is 0 Å². The van der Waals surface area contributed by atoms with Gasteiger partial charge in [0.2, 0.25) is 0 Å². The van der Waals surface area contributed by atoms with Crippen LogP contribution in [0.15, 0.2) is 18.5 Å². The van der Waals surface area contributed by atoms with Crippen molar-refractivity contribution in [1.82, 2.24) is 14.6 Å². The number of nitrogens with zero attached hydrogens (tertiary/aromatic N) is 4. The number of aryl methyl sites for hydroxylation is 1. The van der Waals surface area contributed by atoms with Gasteiger partial charge in [0.25, 0.3) is 0 Å². The molecular weight excluding hydrogens is 226 g/mol. The summed E-state index contributed by atoms with van der Waals surface area (Å²) in [6, 6.07) is 4.18. The summed E-state index contributed by atoms with van der Waals surface area (Å²) in [5.41, 5.74) is 7.61. The molecule has 2 N–H and O–H groups in total. The van der Waals surface area contributed by atoms with E-state index in [2.05, 4.69) is 35.0 Å². The second-order valence-electron chi connectivity index (χ2n) is 4.69. The maximum atomic E-state index is 5.50. The van der Waals surface area contributed by atoms with Crippen molar-refractivity contribution < 1.29 is 0 Å². The van der Waals surface area contributed by atoms with E-state index in [1.165, 1.54) is 12.0 Å². The Labute approximate surface area is 108 Å². The van der Waals surface area contributed by atoms with Gasteiger partial charge in [-0.25, -0.2) is 4.98 Å². The van der Waals surface area contributed by atoms with Crippen LogP contribution in [0.25, 0.3) is 5.65 Å². The molecule has 98 valence electrons. The highest BCUT2D eigenvalue weighted by Gasteiger charge is 2.08. The van der Waals surface area contributed by atoms with Crippen LogP contribution in [0, 0.1) is 6.92 Å². The molecule has 2 heterocycles. The van der Waals surface area contributed by atoms with Gasteiger partial charge in [0.1, 0.15) is 12.1 Å². The van der Waals surface area contributed by atoms with E-state index in [1.807, 2.05) is 10.6 Å². The molecular formula is C13H21N5. The topological polar surface area (TPSA) is 59.5 Å². The lowest BCUT2D eigenvalue weighted by atomic mass is 10.2. The zero-order valence-electron chi connectivity index (χ0n) is 11.1. The van der Waals surface area contributed by atoms with Gasteiger partial charge in [0.05, 0.1) is 0 Å². The summed E-state index contributed by atoms with van der Waals surface area (Å²) >= 11 is 0. The van der Waals surface area contributed by atoms with E-state index in [-0.39, 0.29) is 0 Å². The first-order valence-electron chi connectivity index (χ1n) is 6.44. The van der Waals surface area contributed by atoms with Gasteiger partial charge in [-0.05, 0) is 44.0 Å². The van der Waals surface area contributed by atoms with E-state index < -0.39 is 0 Å². The molecule has 0 saturated heterocycles. The third-order valence-corrected chi connectivity index (χ3v) is 3.09. The van der Waals surface area contributed by atoms with E-state index in [0.717, 1.165) is 37.4 Å². The lowest BCUT2D eigenvalue weighted by Crippen LogP contribution is -2.21. The zero-order valence-corrected chi connectivity index (χ0v) is 11.1. The highest BCUT2D eigenvalue weighted by atomic mass is 15.4. The van der Waals surface area contributed by atoms with Gasteiger partial charge in [-0.2, -0.15) is 9.61 Å². The van der Waals surface area contributed by atoms with Crippen LogP contribution in [0.1, 0.15) is 24.8 Å². The van der Waals surface area contributed by atoms with Crippen molar-refractivity contribution in [3.63, 3.8) is 0 Å². The smallest absolute Gasteiger partial charge is 0.157 e. The van der Waals surface area contributed by atoms with E-state index in [4.69, 9.17) is 5.73 Å². The molecule has 0 amide bonds. The Morgan fingerprint density at radius 2 is 2.11 bits per heavy atom. The van der Waals surface area contributed by atoms with Gasteiger partial charge in [-0.15, -0.1) is 0 Å². The largest absolute Gasteiger partial charge is 0.360 e. The maximum absolute atomic E-state index is 5.50. The molecule has 0 spiro atoms. The van der Waals surface area contributed by atoms with Gasteiger partial charge in [0, 0.05) is 13.6 Å². The average molecular weight is 247 g/mol. The molecule has 0 radical (unpaired) electrons. The molecule has 0 atom stereocenters. The third kappa shape index (κ3) is 2.79. The third-order valence-electron chi connectivity index (χ3n) is 3.09. The lowest BCUT2D eigenvalue weighted by Gasteiger charge is -2.20.